The third-order valence-corrected chi connectivity index (χ3v) is 3.06. The minimum Gasteiger partial charge on any atom is -0.478 e. The summed E-state index contributed by atoms with van der Waals surface area (Å²) in [5.74, 6) is -0.983. The average Bonchev–Trinajstić information content (AvgIpc) is 2.42. The molecule has 1 heterocycles. The van der Waals surface area contributed by atoms with Crippen LogP contribution in [0.25, 0.3) is 0 Å². The first-order valence-electron chi connectivity index (χ1n) is 6.55. The van der Waals surface area contributed by atoms with Gasteiger partial charge in [0.2, 0.25) is 5.91 Å². The Morgan fingerprint density at radius 2 is 2.26 bits per heavy atom. The van der Waals surface area contributed by atoms with E-state index in [-0.39, 0.29) is 11.9 Å². The van der Waals surface area contributed by atoms with Crippen LogP contribution < -0.4 is 5.32 Å². The van der Waals surface area contributed by atoms with Crippen molar-refractivity contribution in [1.82, 2.24) is 10.2 Å². The van der Waals surface area contributed by atoms with Crippen LogP contribution in [0.1, 0.15) is 20.3 Å². The number of carbonyl (C=O) groups is 2. The summed E-state index contributed by atoms with van der Waals surface area (Å²) in [4.78, 5) is 24.7. The predicted octanol–water partition coefficient (Wildman–Crippen LogP) is 0.244. The normalized spacial score (nSPS) is 21.2. The van der Waals surface area contributed by atoms with Crippen LogP contribution in [0.2, 0.25) is 0 Å². The molecule has 0 bridgehead atoms. The zero-order valence-electron chi connectivity index (χ0n) is 11.5. The Bertz CT molecular complexity index is 355. The fourth-order valence-corrected chi connectivity index (χ4v) is 1.81. The number of morpholine rings is 1. The minimum absolute atomic E-state index is 0.0528. The monoisotopic (exact) mass is 270 g/mol. The van der Waals surface area contributed by atoms with Crippen molar-refractivity contribution in [1.29, 1.82) is 0 Å². The molecule has 1 unspecified atom stereocenters. The molecule has 108 valence electrons. The van der Waals surface area contributed by atoms with Crippen molar-refractivity contribution >= 4 is 11.9 Å². The van der Waals surface area contributed by atoms with Crippen LogP contribution in [-0.2, 0) is 14.3 Å². The number of carboxylic acid groups (broad SMARTS) is 1. The van der Waals surface area contributed by atoms with Crippen molar-refractivity contribution in [3.8, 4) is 0 Å². The second-order valence-corrected chi connectivity index (χ2v) is 4.57. The lowest BCUT2D eigenvalue weighted by Gasteiger charge is -2.33. The van der Waals surface area contributed by atoms with Gasteiger partial charge in [-0.05, 0) is 13.3 Å². The standard InChI is InChI=1S/C13H22N2O4/c1-3-5-14-12(16)11-9-19-8-7-15(11)6-4-10(2)13(17)18/h4,11H,3,5-9H2,1-2H3,(H,14,16)(H,17,18)/b10-4-. The van der Waals surface area contributed by atoms with E-state index < -0.39 is 5.97 Å². The maximum absolute atomic E-state index is 12.0. The lowest BCUT2D eigenvalue weighted by atomic mass is 10.2. The second-order valence-electron chi connectivity index (χ2n) is 4.57. The van der Waals surface area contributed by atoms with Crippen LogP contribution in [0.3, 0.4) is 0 Å². The summed E-state index contributed by atoms with van der Waals surface area (Å²) < 4.78 is 5.33. The van der Waals surface area contributed by atoms with Gasteiger partial charge in [0.05, 0.1) is 13.2 Å². The van der Waals surface area contributed by atoms with E-state index in [0.717, 1.165) is 6.42 Å². The molecule has 0 radical (unpaired) electrons. The number of hydrogen-bond donors (Lipinski definition) is 2. The lowest BCUT2D eigenvalue weighted by molar-refractivity contribution is -0.132. The molecule has 0 saturated carbocycles. The summed E-state index contributed by atoms with van der Waals surface area (Å²) in [7, 11) is 0. The van der Waals surface area contributed by atoms with E-state index in [4.69, 9.17) is 9.84 Å². The highest BCUT2D eigenvalue weighted by atomic mass is 16.5. The third-order valence-electron chi connectivity index (χ3n) is 3.06. The van der Waals surface area contributed by atoms with Gasteiger partial charge in [-0.2, -0.15) is 0 Å². The molecule has 1 atom stereocenters. The number of ether oxygens (including phenoxy) is 1. The Balaban J connectivity index is 2.59. The maximum Gasteiger partial charge on any atom is 0.330 e. The van der Waals surface area contributed by atoms with Gasteiger partial charge in [-0.15, -0.1) is 0 Å². The molecule has 0 aromatic heterocycles. The number of nitrogens with zero attached hydrogens (tertiary/aromatic N) is 1. The first-order valence-corrected chi connectivity index (χ1v) is 6.55. The molecule has 1 aliphatic heterocycles. The first-order chi connectivity index (χ1) is 9.06. The van der Waals surface area contributed by atoms with Gasteiger partial charge in [0, 0.05) is 25.2 Å². The van der Waals surface area contributed by atoms with Gasteiger partial charge in [-0.1, -0.05) is 13.0 Å². The molecular formula is C13H22N2O4. The number of amides is 1. The summed E-state index contributed by atoms with van der Waals surface area (Å²) in [6.07, 6.45) is 2.52. The van der Waals surface area contributed by atoms with E-state index in [9.17, 15) is 9.59 Å². The minimum atomic E-state index is -0.930. The van der Waals surface area contributed by atoms with Gasteiger partial charge < -0.3 is 15.2 Å². The Labute approximate surface area is 113 Å². The Kier molecular flexibility index (Phi) is 6.52. The molecule has 1 amide bonds. The maximum atomic E-state index is 12.0. The van der Waals surface area contributed by atoms with Crippen molar-refractivity contribution in [2.45, 2.75) is 26.3 Å². The molecule has 6 nitrogen and oxygen atoms in total. The molecule has 1 fully saturated rings. The van der Waals surface area contributed by atoms with Crippen molar-refractivity contribution in [3.05, 3.63) is 11.6 Å². The van der Waals surface area contributed by atoms with E-state index in [2.05, 4.69) is 5.32 Å². The Hall–Kier alpha value is -1.40. The third kappa shape index (κ3) is 5.00. The number of rotatable bonds is 6. The van der Waals surface area contributed by atoms with Crippen LogP contribution in [0.15, 0.2) is 11.6 Å². The molecule has 0 aromatic carbocycles. The Morgan fingerprint density at radius 1 is 1.53 bits per heavy atom. The smallest absolute Gasteiger partial charge is 0.330 e. The van der Waals surface area contributed by atoms with Gasteiger partial charge in [0.15, 0.2) is 0 Å². The molecule has 1 rings (SSSR count). The average molecular weight is 270 g/mol. The fourth-order valence-electron chi connectivity index (χ4n) is 1.81. The summed E-state index contributed by atoms with van der Waals surface area (Å²) in [5, 5.41) is 11.7. The van der Waals surface area contributed by atoms with Crippen molar-refractivity contribution < 1.29 is 19.4 Å². The van der Waals surface area contributed by atoms with E-state index in [1.165, 1.54) is 0 Å². The molecule has 2 N–H and O–H groups in total. The molecular weight excluding hydrogens is 248 g/mol. The largest absolute Gasteiger partial charge is 0.478 e. The van der Waals surface area contributed by atoms with Gasteiger partial charge in [0.1, 0.15) is 6.04 Å². The number of hydrogen-bond acceptors (Lipinski definition) is 4. The Morgan fingerprint density at radius 3 is 2.89 bits per heavy atom. The predicted molar refractivity (Wildman–Crippen MR) is 70.9 cm³/mol. The molecule has 19 heavy (non-hydrogen) atoms. The highest BCUT2D eigenvalue weighted by Crippen LogP contribution is 2.08. The number of carbonyl (C=O) groups excluding carboxylic acids is 1. The van der Waals surface area contributed by atoms with Crippen molar-refractivity contribution in [2.24, 2.45) is 0 Å². The lowest BCUT2D eigenvalue weighted by Crippen LogP contribution is -2.53. The fraction of sp³-hybridized carbons (Fsp3) is 0.692. The molecule has 0 aromatic rings. The number of carboxylic acids is 1. The molecule has 6 heteroatoms. The zero-order valence-corrected chi connectivity index (χ0v) is 11.5. The van der Waals surface area contributed by atoms with Crippen molar-refractivity contribution in [2.75, 3.05) is 32.8 Å². The number of nitrogens with one attached hydrogen (secondary N) is 1. The van der Waals surface area contributed by atoms with E-state index in [1.807, 2.05) is 11.8 Å². The summed E-state index contributed by atoms with van der Waals surface area (Å²) >= 11 is 0. The molecule has 1 saturated heterocycles. The van der Waals surface area contributed by atoms with Gasteiger partial charge in [-0.25, -0.2) is 4.79 Å². The van der Waals surface area contributed by atoms with Gasteiger partial charge in [0.25, 0.3) is 0 Å². The van der Waals surface area contributed by atoms with Crippen molar-refractivity contribution in [3.63, 3.8) is 0 Å². The molecule has 0 aliphatic carbocycles. The van der Waals surface area contributed by atoms with Crippen LogP contribution in [0.4, 0.5) is 0 Å². The van der Waals surface area contributed by atoms with Gasteiger partial charge in [-0.3, -0.25) is 9.69 Å². The summed E-state index contributed by atoms with van der Waals surface area (Å²) in [6, 6.07) is -0.335. The quantitative estimate of drug-likeness (QED) is 0.676. The van der Waals surface area contributed by atoms with Crippen LogP contribution in [0, 0.1) is 0 Å². The topological polar surface area (TPSA) is 78.9 Å². The molecule has 0 spiro atoms. The molecule has 1 aliphatic rings. The van der Waals surface area contributed by atoms with Crippen LogP contribution in [0.5, 0.6) is 0 Å². The second kappa shape index (κ2) is 7.91. The van der Waals surface area contributed by atoms with Gasteiger partial charge >= 0.3 is 5.97 Å². The number of aliphatic carboxylic acids is 1. The summed E-state index contributed by atoms with van der Waals surface area (Å²) in [6.45, 7) is 6.20. The van der Waals surface area contributed by atoms with E-state index >= 15 is 0 Å². The summed E-state index contributed by atoms with van der Waals surface area (Å²) in [5.41, 5.74) is 0.291. The highest BCUT2D eigenvalue weighted by molar-refractivity contribution is 5.85. The van der Waals surface area contributed by atoms with E-state index in [0.29, 0.717) is 38.4 Å². The van der Waals surface area contributed by atoms with Crippen LogP contribution >= 0.6 is 0 Å². The highest BCUT2D eigenvalue weighted by Gasteiger charge is 2.28. The first kappa shape index (κ1) is 15.7. The SMILES string of the molecule is CCCNC(=O)C1COCCN1C/C=C(/C)C(=O)O. The zero-order chi connectivity index (χ0) is 14.3. The van der Waals surface area contributed by atoms with E-state index in [1.54, 1.807) is 13.0 Å². The van der Waals surface area contributed by atoms with Crippen LogP contribution in [-0.4, -0.2) is 60.8 Å².